The number of amides is 1. The Bertz CT molecular complexity index is 1350. The van der Waals surface area contributed by atoms with Gasteiger partial charge in [0, 0.05) is 22.1 Å². The summed E-state index contributed by atoms with van der Waals surface area (Å²) < 4.78 is 5.71. The molecular weight excluding hydrogens is 494 g/mol. The van der Waals surface area contributed by atoms with Crippen molar-refractivity contribution in [2.75, 3.05) is 18.3 Å². The average Bonchev–Trinajstić information content (AvgIpc) is 3.78. The third-order valence-electron chi connectivity index (χ3n) is 7.84. The minimum Gasteiger partial charge on any atom is -0.496 e. The molecule has 1 fully saturated rings. The van der Waals surface area contributed by atoms with Gasteiger partial charge in [0.05, 0.1) is 13.7 Å². The molecule has 6 heteroatoms. The number of thioether (sulfide) groups is 1. The molecular formula is C32H35NO4S. The molecule has 0 saturated heterocycles. The van der Waals surface area contributed by atoms with Crippen molar-refractivity contribution in [3.8, 4) is 5.75 Å². The lowest BCUT2D eigenvalue weighted by Crippen LogP contribution is -2.38. The fourth-order valence-electron chi connectivity index (χ4n) is 5.85. The largest absolute Gasteiger partial charge is 0.496 e. The van der Waals surface area contributed by atoms with Crippen LogP contribution in [0.5, 0.6) is 5.75 Å². The Hall–Kier alpha value is -3.25. The van der Waals surface area contributed by atoms with E-state index in [1.54, 1.807) is 23.8 Å². The van der Waals surface area contributed by atoms with Crippen molar-refractivity contribution in [1.29, 1.82) is 0 Å². The van der Waals surface area contributed by atoms with E-state index in [0.29, 0.717) is 5.92 Å². The summed E-state index contributed by atoms with van der Waals surface area (Å²) in [6.07, 6.45) is 6.62. The number of hydrogen-bond donors (Lipinski definition) is 1. The van der Waals surface area contributed by atoms with Gasteiger partial charge in [0.1, 0.15) is 11.7 Å². The number of rotatable bonds is 9. The molecule has 1 aliphatic carbocycles. The van der Waals surface area contributed by atoms with E-state index in [-0.39, 0.29) is 24.8 Å². The first kappa shape index (κ1) is 26.4. The zero-order valence-corrected chi connectivity index (χ0v) is 23.1. The number of aliphatic carboxylic acids is 1. The van der Waals surface area contributed by atoms with Crippen LogP contribution >= 0.6 is 11.8 Å². The summed E-state index contributed by atoms with van der Waals surface area (Å²) in [6.45, 7) is 2.39. The van der Waals surface area contributed by atoms with E-state index in [0.717, 1.165) is 53.8 Å². The van der Waals surface area contributed by atoms with Gasteiger partial charge < -0.3 is 14.7 Å². The third kappa shape index (κ3) is 5.06. The summed E-state index contributed by atoms with van der Waals surface area (Å²) in [6, 6.07) is 20.4. The molecule has 5 rings (SSSR count). The molecule has 0 radical (unpaired) electrons. The number of carbonyl (C=O) groups is 2. The topological polar surface area (TPSA) is 66.8 Å². The number of carboxylic acids is 1. The quantitative estimate of drug-likeness (QED) is 0.238. The molecule has 0 spiro atoms. The summed E-state index contributed by atoms with van der Waals surface area (Å²) in [7, 11) is 1.64. The van der Waals surface area contributed by atoms with Crippen LogP contribution in [-0.2, 0) is 22.6 Å². The molecule has 2 aliphatic rings. The number of carboxylic acid groups (broad SMARTS) is 1. The van der Waals surface area contributed by atoms with E-state index in [4.69, 9.17) is 4.74 Å². The van der Waals surface area contributed by atoms with Gasteiger partial charge in [-0.3, -0.25) is 9.59 Å². The van der Waals surface area contributed by atoms with Crippen LogP contribution in [0.15, 0.2) is 65.6 Å². The number of ether oxygens (including phenoxy) is 1. The first-order valence-corrected chi connectivity index (χ1v) is 14.6. The van der Waals surface area contributed by atoms with Gasteiger partial charge in [-0.1, -0.05) is 55.8 Å². The molecule has 198 valence electrons. The summed E-state index contributed by atoms with van der Waals surface area (Å²) in [5.74, 6) is -1.54. The SMILES string of the molecule is CCCc1ccc(CN2C(=O)C(C(=O)O)CC(c3cccc(SC)c3C3CC3)c3ccccc32)c(OC)c1. The van der Waals surface area contributed by atoms with Crippen LogP contribution in [-0.4, -0.2) is 30.3 Å². The second-order valence-electron chi connectivity index (χ2n) is 10.3. The molecule has 5 nitrogen and oxygen atoms in total. The monoisotopic (exact) mass is 529 g/mol. The lowest BCUT2D eigenvalue weighted by molar-refractivity contribution is -0.146. The number of para-hydroxylation sites is 1. The lowest BCUT2D eigenvalue weighted by atomic mass is 9.81. The summed E-state index contributed by atoms with van der Waals surface area (Å²) in [5, 5.41) is 10.3. The van der Waals surface area contributed by atoms with E-state index in [2.05, 4.69) is 43.5 Å². The molecule has 3 aromatic carbocycles. The first-order chi connectivity index (χ1) is 18.5. The van der Waals surface area contributed by atoms with Gasteiger partial charge in [-0.25, -0.2) is 0 Å². The highest BCUT2D eigenvalue weighted by Gasteiger charge is 2.41. The fraction of sp³-hybridized carbons (Fsp3) is 0.375. The first-order valence-electron chi connectivity index (χ1n) is 13.4. The van der Waals surface area contributed by atoms with Crippen molar-refractivity contribution in [1.82, 2.24) is 0 Å². The van der Waals surface area contributed by atoms with Gasteiger partial charge in [-0.05, 0) is 78.3 Å². The highest BCUT2D eigenvalue weighted by molar-refractivity contribution is 7.98. The van der Waals surface area contributed by atoms with Gasteiger partial charge in [0.25, 0.3) is 0 Å². The Morgan fingerprint density at radius 2 is 1.84 bits per heavy atom. The standard InChI is InChI=1S/C32H35NO4S/c1-4-8-20-13-14-22(28(17-20)37-2)19-33-27-11-6-5-9-23(27)25(18-26(31(33)34)32(35)36)24-10-7-12-29(38-3)30(24)21-15-16-21/h5-7,9-14,17,21,25-26H,4,8,15-16,18-19H2,1-3H3,(H,35,36). The zero-order valence-electron chi connectivity index (χ0n) is 22.3. The summed E-state index contributed by atoms with van der Waals surface area (Å²) in [5.41, 5.74) is 6.32. The number of methoxy groups -OCH3 is 1. The molecule has 2 atom stereocenters. The molecule has 1 heterocycles. The van der Waals surface area contributed by atoms with Crippen LogP contribution in [0.3, 0.4) is 0 Å². The summed E-state index contributed by atoms with van der Waals surface area (Å²) >= 11 is 1.74. The third-order valence-corrected chi connectivity index (χ3v) is 8.63. The van der Waals surface area contributed by atoms with E-state index in [1.807, 2.05) is 30.3 Å². The minimum atomic E-state index is -1.14. The van der Waals surface area contributed by atoms with Crippen molar-refractivity contribution in [2.45, 2.75) is 62.3 Å². The average molecular weight is 530 g/mol. The Morgan fingerprint density at radius 3 is 2.53 bits per heavy atom. The second kappa shape index (κ2) is 11.2. The van der Waals surface area contributed by atoms with Crippen LogP contribution in [0.1, 0.15) is 72.3 Å². The van der Waals surface area contributed by atoms with Crippen molar-refractivity contribution in [2.24, 2.45) is 5.92 Å². The number of aryl methyl sites for hydroxylation is 1. The predicted molar refractivity (Wildman–Crippen MR) is 152 cm³/mol. The van der Waals surface area contributed by atoms with E-state index in [9.17, 15) is 14.7 Å². The second-order valence-corrected chi connectivity index (χ2v) is 11.1. The number of anilines is 1. The maximum Gasteiger partial charge on any atom is 0.316 e. The summed E-state index contributed by atoms with van der Waals surface area (Å²) in [4.78, 5) is 29.4. The van der Waals surface area contributed by atoms with Crippen molar-refractivity contribution in [3.05, 3.63) is 88.5 Å². The van der Waals surface area contributed by atoms with Crippen molar-refractivity contribution in [3.63, 3.8) is 0 Å². The molecule has 1 aliphatic heterocycles. The van der Waals surface area contributed by atoms with Crippen LogP contribution in [0.25, 0.3) is 0 Å². The van der Waals surface area contributed by atoms with Gasteiger partial charge in [0.15, 0.2) is 0 Å². The molecule has 1 amide bonds. The normalized spacial score (nSPS) is 19.1. The smallest absolute Gasteiger partial charge is 0.316 e. The molecule has 3 aromatic rings. The Balaban J connectivity index is 1.63. The number of nitrogens with zero attached hydrogens (tertiary/aromatic N) is 1. The molecule has 0 aromatic heterocycles. The molecule has 0 bridgehead atoms. The van der Waals surface area contributed by atoms with Crippen molar-refractivity contribution < 1.29 is 19.4 Å². The predicted octanol–water partition coefficient (Wildman–Crippen LogP) is 7.02. The maximum atomic E-state index is 14.0. The van der Waals surface area contributed by atoms with Crippen LogP contribution in [0.4, 0.5) is 5.69 Å². The lowest BCUT2D eigenvalue weighted by Gasteiger charge is -2.26. The highest BCUT2D eigenvalue weighted by Crippen LogP contribution is 2.51. The van der Waals surface area contributed by atoms with E-state index in [1.165, 1.54) is 16.0 Å². The van der Waals surface area contributed by atoms with Gasteiger partial charge in [-0.15, -0.1) is 11.8 Å². The highest BCUT2D eigenvalue weighted by atomic mass is 32.2. The maximum absolute atomic E-state index is 14.0. The molecule has 2 unspecified atom stereocenters. The molecule has 1 N–H and O–H groups in total. The fourth-order valence-corrected chi connectivity index (χ4v) is 6.57. The Kier molecular flexibility index (Phi) is 7.80. The number of fused-ring (bicyclic) bond motifs is 1. The number of hydrogen-bond acceptors (Lipinski definition) is 4. The Morgan fingerprint density at radius 1 is 1.08 bits per heavy atom. The van der Waals surface area contributed by atoms with Gasteiger partial charge in [0.2, 0.25) is 5.91 Å². The van der Waals surface area contributed by atoms with E-state index < -0.39 is 11.9 Å². The molecule has 1 saturated carbocycles. The van der Waals surface area contributed by atoms with Crippen molar-refractivity contribution >= 4 is 29.3 Å². The zero-order chi connectivity index (χ0) is 26.8. The van der Waals surface area contributed by atoms with Crippen LogP contribution < -0.4 is 9.64 Å². The minimum absolute atomic E-state index is 0.183. The van der Waals surface area contributed by atoms with Crippen LogP contribution in [0.2, 0.25) is 0 Å². The van der Waals surface area contributed by atoms with Gasteiger partial charge >= 0.3 is 5.97 Å². The Labute approximate surface area is 229 Å². The number of carbonyl (C=O) groups excluding carboxylic acids is 1. The van der Waals surface area contributed by atoms with Gasteiger partial charge in [-0.2, -0.15) is 0 Å². The number of benzene rings is 3. The molecule has 38 heavy (non-hydrogen) atoms. The van der Waals surface area contributed by atoms with E-state index >= 15 is 0 Å². The van der Waals surface area contributed by atoms with Crippen LogP contribution in [0, 0.1) is 5.92 Å².